The molecule has 2 heterocycles. The summed E-state index contributed by atoms with van der Waals surface area (Å²) in [6, 6.07) is 5.55. The Kier molecular flexibility index (Phi) is 24.3. The van der Waals surface area contributed by atoms with Crippen molar-refractivity contribution in [2.24, 2.45) is 0 Å². The zero-order valence-corrected chi connectivity index (χ0v) is 17.1. The van der Waals surface area contributed by atoms with Crippen LogP contribution in [0, 0.1) is 0 Å². The first-order chi connectivity index (χ1) is 10.5. The molecule has 2 aromatic rings. The molecule has 0 amide bonds. The Morgan fingerprint density at radius 1 is 0.778 bits per heavy atom. The van der Waals surface area contributed by atoms with Gasteiger partial charge in [-0.05, 0) is 24.3 Å². The zero-order chi connectivity index (χ0) is 16.5. The number of aromatic nitrogens is 2. The molecule has 13 heteroatoms. The van der Waals surface area contributed by atoms with E-state index in [0.717, 1.165) is 12.4 Å². The molecule has 2 aromatic heterocycles. The van der Waals surface area contributed by atoms with Crippen LogP contribution in [0.1, 0.15) is 32.1 Å². The molecule has 0 radical (unpaired) electrons. The fourth-order valence-electron chi connectivity index (χ4n) is 1.28. The van der Waals surface area contributed by atoms with Gasteiger partial charge >= 0.3 is 19.5 Å². The first-order valence-electron chi connectivity index (χ1n) is 6.02. The van der Waals surface area contributed by atoms with Gasteiger partial charge in [-0.25, -0.2) is 0 Å². The van der Waals surface area contributed by atoms with Crippen molar-refractivity contribution in [1.82, 2.24) is 9.97 Å². The first kappa shape index (κ1) is 35.7. The molecule has 0 aromatic carbocycles. The Morgan fingerprint density at radius 2 is 1.07 bits per heavy atom. The van der Waals surface area contributed by atoms with Gasteiger partial charge in [-0.2, -0.15) is 0 Å². The van der Waals surface area contributed by atoms with Crippen molar-refractivity contribution >= 4 is 11.9 Å². The van der Waals surface area contributed by atoms with Gasteiger partial charge in [0.15, 0.2) is 0 Å². The van der Waals surface area contributed by atoms with Crippen molar-refractivity contribution in [2.75, 3.05) is 0 Å². The summed E-state index contributed by atoms with van der Waals surface area (Å²) in [5.41, 5.74) is 0.911. The summed E-state index contributed by atoms with van der Waals surface area (Å²) in [5, 5.41) is 37.5. The van der Waals surface area contributed by atoms with Crippen LogP contribution in [-0.2, 0) is 43.6 Å². The summed E-state index contributed by atoms with van der Waals surface area (Å²) >= 11 is 0. The summed E-state index contributed by atoms with van der Waals surface area (Å²) in [6.07, 6.45) is 2.31. The Morgan fingerprint density at radius 3 is 1.22 bits per heavy atom. The average molecular weight is 444 g/mol. The summed E-state index contributed by atoms with van der Waals surface area (Å²) in [5.74, 6) is -2.52. The minimum atomic E-state index is -1.26. The smallest absolute Gasteiger partial charge is 0.545 e. The van der Waals surface area contributed by atoms with Crippen LogP contribution in [-0.4, -0.2) is 43.1 Å². The van der Waals surface area contributed by atoms with E-state index in [1.807, 2.05) is 0 Å². The van der Waals surface area contributed by atoms with Crippen LogP contribution in [0.3, 0.4) is 0 Å². The Hall–Kier alpha value is -2.38. The third-order valence-electron chi connectivity index (χ3n) is 2.44. The minimum Gasteiger partial charge on any atom is -0.545 e. The average Bonchev–Trinajstić information content (AvgIpc) is 2.55. The zero-order valence-electron chi connectivity index (χ0n) is 14.2. The van der Waals surface area contributed by atoms with Gasteiger partial charge in [0.05, 0.1) is 36.5 Å². The fraction of sp³-hybridized carbons (Fsp3) is 0.143. The predicted molar refractivity (Wildman–Crippen MR) is 86.0 cm³/mol. The Labute approximate surface area is 166 Å². The molecule has 0 saturated carbocycles. The van der Waals surface area contributed by atoms with Crippen molar-refractivity contribution in [3.8, 4) is 0 Å². The first-order valence-corrected chi connectivity index (χ1v) is 6.02. The second-order valence-electron chi connectivity index (χ2n) is 3.97. The van der Waals surface area contributed by atoms with Gasteiger partial charge in [0.25, 0.3) is 0 Å². The second kappa shape index (κ2) is 18.4. The number of rotatable bonds is 4. The third-order valence-corrected chi connectivity index (χ3v) is 2.44. The van der Waals surface area contributed by atoms with Crippen LogP contribution >= 0.6 is 0 Å². The van der Waals surface area contributed by atoms with Crippen LogP contribution in [0.15, 0.2) is 36.7 Å². The van der Waals surface area contributed by atoms with E-state index in [1.54, 1.807) is 0 Å². The molecule has 0 fully saturated rings. The summed E-state index contributed by atoms with van der Waals surface area (Å²) in [4.78, 5) is 27.7. The molecular formula is C14H22N2O10Zn+2. The van der Waals surface area contributed by atoms with E-state index < -0.39 is 11.9 Å². The van der Waals surface area contributed by atoms with Crippen molar-refractivity contribution in [3.05, 3.63) is 59.2 Å². The van der Waals surface area contributed by atoms with Gasteiger partial charge in [0.2, 0.25) is 0 Å². The molecule has 148 valence electrons. The summed E-state index contributed by atoms with van der Waals surface area (Å²) in [7, 11) is 0. The maximum atomic E-state index is 10.2. The molecule has 12 nitrogen and oxygen atoms in total. The minimum absolute atomic E-state index is 0. The van der Waals surface area contributed by atoms with E-state index in [4.69, 9.17) is 10.2 Å². The van der Waals surface area contributed by atoms with E-state index in [0.29, 0.717) is 11.4 Å². The number of carboxylic acids is 2. The number of carbonyl (C=O) groups excluding carboxylic acids is 2. The van der Waals surface area contributed by atoms with Crippen LogP contribution < -0.4 is 10.2 Å². The number of hydrogen-bond acceptors (Lipinski definition) is 8. The number of carbonyl (C=O) groups is 2. The molecule has 12 N–H and O–H groups in total. The number of carboxylic acid groups (broad SMARTS) is 2. The maximum Gasteiger partial charge on any atom is 2.00 e. The molecule has 0 spiro atoms. The molecular weight excluding hydrogens is 422 g/mol. The quantitative estimate of drug-likeness (QED) is 0.338. The molecule has 0 saturated heterocycles. The maximum absolute atomic E-state index is 10.2. The van der Waals surface area contributed by atoms with Gasteiger partial charge in [0, 0.05) is 23.5 Å². The number of aromatic carboxylic acids is 2. The molecule has 0 bridgehead atoms. The van der Waals surface area contributed by atoms with Gasteiger partial charge in [-0.1, -0.05) is 0 Å². The molecule has 0 aliphatic heterocycles. The van der Waals surface area contributed by atoms with Crippen LogP contribution in [0.5, 0.6) is 0 Å². The number of aliphatic hydroxyl groups is 2. The van der Waals surface area contributed by atoms with E-state index in [1.165, 1.54) is 24.3 Å². The van der Waals surface area contributed by atoms with Gasteiger partial charge < -0.3 is 51.9 Å². The standard InChI is InChI=1S/2C7H7NO3.4H2O.Zn/c2*9-4-6-2-1-5(3-8-6)7(10)11;;;;;/h2*1-3,9H,4H2,(H,10,11);4*1H2;/q;;;;;;+2. The monoisotopic (exact) mass is 442 g/mol. The van der Waals surface area contributed by atoms with E-state index in [9.17, 15) is 19.8 Å². The topological polar surface area (TPSA) is 276 Å². The van der Waals surface area contributed by atoms with Gasteiger partial charge in [0.1, 0.15) is 0 Å². The normalized spacial score (nSPS) is 7.78. The van der Waals surface area contributed by atoms with Gasteiger partial charge in [-0.3, -0.25) is 9.97 Å². The molecule has 0 atom stereocenters. The second-order valence-corrected chi connectivity index (χ2v) is 3.97. The summed E-state index contributed by atoms with van der Waals surface area (Å²) < 4.78 is 0. The summed E-state index contributed by atoms with van der Waals surface area (Å²) in [6.45, 7) is -0.374. The molecule has 27 heavy (non-hydrogen) atoms. The van der Waals surface area contributed by atoms with Crippen molar-refractivity contribution in [3.63, 3.8) is 0 Å². The van der Waals surface area contributed by atoms with E-state index >= 15 is 0 Å². The van der Waals surface area contributed by atoms with Crippen LogP contribution in [0.25, 0.3) is 0 Å². The fourth-order valence-corrected chi connectivity index (χ4v) is 1.28. The largest absolute Gasteiger partial charge is 2.00 e. The van der Waals surface area contributed by atoms with Crippen LogP contribution in [0.2, 0.25) is 0 Å². The molecule has 0 aliphatic rings. The molecule has 2 rings (SSSR count). The molecule has 0 aliphatic carbocycles. The van der Waals surface area contributed by atoms with Crippen LogP contribution in [0.4, 0.5) is 0 Å². The predicted octanol–water partition coefficient (Wildman–Crippen LogP) is -5.62. The number of hydrogen-bond donors (Lipinski definition) is 2. The SMILES string of the molecule is O.O.O=C([O-])c1ccc(CO)nc1.O=C([O-])c1ccc(CO)nc1.[OH3+].[OH3+].[Zn+2]. The van der Waals surface area contributed by atoms with Crippen molar-refractivity contribution < 1.29 is 71.4 Å². The van der Waals surface area contributed by atoms with E-state index in [-0.39, 0.29) is 65.7 Å². The van der Waals surface area contributed by atoms with Crippen molar-refractivity contribution in [1.29, 1.82) is 0 Å². The van der Waals surface area contributed by atoms with Gasteiger partial charge in [-0.15, -0.1) is 0 Å². The number of aliphatic hydroxyl groups excluding tert-OH is 2. The van der Waals surface area contributed by atoms with E-state index in [2.05, 4.69) is 9.97 Å². The molecule has 0 unspecified atom stereocenters. The number of pyridine rings is 2. The van der Waals surface area contributed by atoms with Crippen molar-refractivity contribution in [2.45, 2.75) is 13.2 Å². The Bertz CT molecular complexity index is 580. The number of nitrogens with zero attached hydrogens (tertiary/aromatic N) is 2. The Balaban J connectivity index is -0.000000101. The third kappa shape index (κ3) is 12.6.